The van der Waals surface area contributed by atoms with Gasteiger partial charge in [-0.2, -0.15) is 0 Å². The minimum absolute atomic E-state index is 0.000363. The second-order valence-electron chi connectivity index (χ2n) is 6.66. The molecule has 1 aromatic heterocycles. The molecule has 0 spiro atoms. The Morgan fingerprint density at radius 3 is 2.76 bits per heavy atom. The fraction of sp³-hybridized carbons (Fsp3) is 0.190. The molecule has 4 rings (SSSR count). The molecule has 148 valence electrons. The molecule has 1 aliphatic rings. The van der Waals surface area contributed by atoms with E-state index in [0.717, 1.165) is 5.69 Å². The zero-order chi connectivity index (χ0) is 20.4. The molecule has 1 saturated heterocycles. The summed E-state index contributed by atoms with van der Waals surface area (Å²) in [6.45, 7) is 0.349. The third-order valence-corrected chi connectivity index (χ3v) is 4.70. The molecule has 7 nitrogen and oxygen atoms in total. The van der Waals surface area contributed by atoms with Gasteiger partial charge in [0, 0.05) is 30.3 Å². The average molecular weight is 395 g/mol. The van der Waals surface area contributed by atoms with E-state index in [2.05, 4.69) is 10.5 Å². The van der Waals surface area contributed by atoms with Gasteiger partial charge in [-0.25, -0.2) is 4.39 Å². The Kier molecular flexibility index (Phi) is 4.99. The summed E-state index contributed by atoms with van der Waals surface area (Å²) in [5.74, 6) is -0.267. The summed E-state index contributed by atoms with van der Waals surface area (Å²) in [5.41, 5.74) is 1.60. The van der Waals surface area contributed by atoms with Gasteiger partial charge in [0.15, 0.2) is 0 Å². The van der Waals surface area contributed by atoms with Crippen LogP contribution in [0.1, 0.15) is 17.0 Å². The Hall–Kier alpha value is -3.68. The molecule has 1 unspecified atom stereocenters. The van der Waals surface area contributed by atoms with Crippen LogP contribution in [0, 0.1) is 5.82 Å². The van der Waals surface area contributed by atoms with Crippen molar-refractivity contribution in [1.29, 1.82) is 0 Å². The van der Waals surface area contributed by atoms with E-state index >= 15 is 0 Å². The number of rotatable bonds is 5. The molecule has 2 aromatic carbocycles. The number of nitrogens with one attached hydrogen (secondary N) is 1. The highest BCUT2D eigenvalue weighted by Gasteiger charge is 2.32. The number of anilines is 1. The van der Waals surface area contributed by atoms with E-state index < -0.39 is 11.7 Å². The lowest BCUT2D eigenvalue weighted by Crippen LogP contribution is -2.37. The van der Waals surface area contributed by atoms with Crippen molar-refractivity contribution in [2.75, 3.05) is 18.6 Å². The highest BCUT2D eigenvalue weighted by atomic mass is 19.1. The van der Waals surface area contributed by atoms with Gasteiger partial charge < -0.3 is 19.5 Å². The quantitative estimate of drug-likeness (QED) is 0.718. The van der Waals surface area contributed by atoms with Crippen molar-refractivity contribution < 1.29 is 23.2 Å². The summed E-state index contributed by atoms with van der Waals surface area (Å²) >= 11 is 0. The summed E-state index contributed by atoms with van der Waals surface area (Å²) in [5, 5.41) is 6.62. The van der Waals surface area contributed by atoms with Crippen molar-refractivity contribution in [3.63, 3.8) is 0 Å². The van der Waals surface area contributed by atoms with E-state index in [-0.39, 0.29) is 24.1 Å². The number of nitrogens with zero attached hydrogens (tertiary/aromatic N) is 2. The Bertz CT molecular complexity index is 1050. The number of benzene rings is 2. The number of methoxy groups -OCH3 is 1. The summed E-state index contributed by atoms with van der Waals surface area (Å²) in [6.07, 6.45) is 0.183. The number of amides is 2. The van der Waals surface area contributed by atoms with Gasteiger partial charge in [0.1, 0.15) is 17.3 Å². The second-order valence-corrected chi connectivity index (χ2v) is 6.66. The standard InChI is InChI=1S/C21H18FN3O4/c1-28-17-7-5-16(6-8-17)25-12-15(10-20(25)26)23-21(27)19-11-18(24-29-19)13-3-2-4-14(22)9-13/h2-9,11,15H,10,12H2,1H3,(H,23,27). The van der Waals surface area contributed by atoms with Gasteiger partial charge in [-0.05, 0) is 36.4 Å². The topological polar surface area (TPSA) is 84.7 Å². The van der Waals surface area contributed by atoms with Gasteiger partial charge in [-0.15, -0.1) is 0 Å². The molecule has 0 saturated carbocycles. The molecule has 1 fully saturated rings. The zero-order valence-electron chi connectivity index (χ0n) is 15.6. The van der Waals surface area contributed by atoms with Gasteiger partial charge in [0.05, 0.1) is 13.2 Å². The third kappa shape index (κ3) is 3.96. The van der Waals surface area contributed by atoms with E-state index in [0.29, 0.717) is 23.6 Å². The van der Waals surface area contributed by atoms with Crippen molar-refractivity contribution in [3.8, 4) is 17.0 Å². The number of aromatic nitrogens is 1. The van der Waals surface area contributed by atoms with Crippen LogP contribution in [0.15, 0.2) is 59.1 Å². The molecule has 2 amide bonds. The van der Waals surface area contributed by atoms with Crippen molar-refractivity contribution in [2.45, 2.75) is 12.5 Å². The highest BCUT2D eigenvalue weighted by molar-refractivity contribution is 5.98. The van der Waals surface area contributed by atoms with Crippen molar-refractivity contribution in [2.24, 2.45) is 0 Å². The van der Waals surface area contributed by atoms with E-state index in [4.69, 9.17) is 9.26 Å². The lowest BCUT2D eigenvalue weighted by molar-refractivity contribution is -0.117. The van der Waals surface area contributed by atoms with E-state index in [1.807, 2.05) is 0 Å². The van der Waals surface area contributed by atoms with Crippen LogP contribution in [0.2, 0.25) is 0 Å². The first kappa shape index (κ1) is 18.7. The van der Waals surface area contributed by atoms with Crippen molar-refractivity contribution in [1.82, 2.24) is 10.5 Å². The number of hydrogen-bond donors (Lipinski definition) is 1. The van der Waals surface area contributed by atoms with Crippen LogP contribution in [0.4, 0.5) is 10.1 Å². The summed E-state index contributed by atoms with van der Waals surface area (Å²) in [6, 6.07) is 14.1. The molecule has 0 aliphatic carbocycles. The van der Waals surface area contributed by atoms with Gasteiger partial charge in [0.25, 0.3) is 5.91 Å². The van der Waals surface area contributed by atoms with E-state index in [9.17, 15) is 14.0 Å². The summed E-state index contributed by atoms with van der Waals surface area (Å²) < 4.78 is 23.6. The predicted molar refractivity (Wildman–Crippen MR) is 103 cm³/mol. The lowest BCUT2D eigenvalue weighted by Gasteiger charge is -2.17. The number of carbonyl (C=O) groups excluding carboxylic acids is 2. The van der Waals surface area contributed by atoms with Crippen molar-refractivity contribution in [3.05, 3.63) is 66.2 Å². The smallest absolute Gasteiger partial charge is 0.290 e. The van der Waals surface area contributed by atoms with Crippen molar-refractivity contribution >= 4 is 17.5 Å². The fourth-order valence-corrected chi connectivity index (χ4v) is 3.24. The Morgan fingerprint density at radius 2 is 2.03 bits per heavy atom. The minimum atomic E-state index is -0.477. The number of carbonyl (C=O) groups is 2. The van der Waals surface area contributed by atoms with Gasteiger partial charge in [0.2, 0.25) is 11.7 Å². The summed E-state index contributed by atoms with van der Waals surface area (Å²) in [7, 11) is 1.57. The highest BCUT2D eigenvalue weighted by Crippen LogP contribution is 2.25. The molecule has 29 heavy (non-hydrogen) atoms. The third-order valence-electron chi connectivity index (χ3n) is 4.70. The Morgan fingerprint density at radius 1 is 1.24 bits per heavy atom. The van der Waals surface area contributed by atoms with Crippen LogP contribution in [-0.2, 0) is 4.79 Å². The monoisotopic (exact) mass is 395 g/mol. The SMILES string of the molecule is COc1ccc(N2CC(NC(=O)c3cc(-c4cccc(F)c4)no3)CC2=O)cc1. The largest absolute Gasteiger partial charge is 0.497 e. The molecule has 2 heterocycles. The Balaban J connectivity index is 1.42. The van der Waals surface area contributed by atoms with Crippen LogP contribution in [0.3, 0.4) is 0 Å². The fourth-order valence-electron chi connectivity index (χ4n) is 3.24. The van der Waals surface area contributed by atoms with Crippen LogP contribution < -0.4 is 15.0 Å². The molecule has 1 N–H and O–H groups in total. The molecule has 1 atom stereocenters. The minimum Gasteiger partial charge on any atom is -0.497 e. The molecule has 0 radical (unpaired) electrons. The maximum atomic E-state index is 13.4. The maximum Gasteiger partial charge on any atom is 0.290 e. The zero-order valence-corrected chi connectivity index (χ0v) is 15.6. The first-order chi connectivity index (χ1) is 14.0. The number of halogens is 1. The molecule has 3 aromatic rings. The van der Waals surface area contributed by atoms with E-state index in [1.165, 1.54) is 18.2 Å². The second kappa shape index (κ2) is 7.75. The molecule has 0 bridgehead atoms. The first-order valence-corrected chi connectivity index (χ1v) is 9.01. The predicted octanol–water partition coefficient (Wildman–Crippen LogP) is 3.02. The van der Waals surface area contributed by atoms with Crippen LogP contribution in [-0.4, -0.2) is 36.7 Å². The maximum absolute atomic E-state index is 13.4. The van der Waals surface area contributed by atoms with Gasteiger partial charge in [-0.3, -0.25) is 9.59 Å². The molecular weight excluding hydrogens is 377 g/mol. The van der Waals surface area contributed by atoms with Gasteiger partial charge >= 0.3 is 0 Å². The molecule has 1 aliphatic heterocycles. The number of ether oxygens (including phenoxy) is 1. The first-order valence-electron chi connectivity index (χ1n) is 9.01. The average Bonchev–Trinajstić information content (AvgIpc) is 3.35. The lowest BCUT2D eigenvalue weighted by atomic mass is 10.1. The molecular formula is C21H18FN3O4. The Labute approximate surface area is 166 Å². The van der Waals surface area contributed by atoms with Crippen LogP contribution >= 0.6 is 0 Å². The molecule has 8 heteroatoms. The number of hydrogen-bond acceptors (Lipinski definition) is 5. The van der Waals surface area contributed by atoms with Crippen LogP contribution in [0.5, 0.6) is 5.75 Å². The van der Waals surface area contributed by atoms with Crippen LogP contribution in [0.25, 0.3) is 11.3 Å². The summed E-state index contributed by atoms with van der Waals surface area (Å²) in [4.78, 5) is 26.4. The van der Waals surface area contributed by atoms with E-state index in [1.54, 1.807) is 48.4 Å². The van der Waals surface area contributed by atoms with Gasteiger partial charge in [-0.1, -0.05) is 17.3 Å². The normalized spacial score (nSPS) is 16.1.